The average molecular weight is 237 g/mol. The van der Waals surface area contributed by atoms with E-state index < -0.39 is 5.97 Å². The molecular formula is C12H15NO4. The molecule has 1 heterocycles. The van der Waals surface area contributed by atoms with Crippen molar-refractivity contribution in [1.82, 2.24) is 5.32 Å². The third-order valence-corrected chi connectivity index (χ3v) is 3.07. The molecule has 92 valence electrons. The lowest BCUT2D eigenvalue weighted by atomic mass is 10.1. The number of carbonyl (C=O) groups excluding carboxylic acids is 1. The Morgan fingerprint density at radius 1 is 1.29 bits per heavy atom. The van der Waals surface area contributed by atoms with Gasteiger partial charge in [0.15, 0.2) is 5.76 Å². The van der Waals surface area contributed by atoms with Crippen molar-refractivity contribution in [2.45, 2.75) is 25.7 Å². The molecule has 1 saturated carbocycles. The van der Waals surface area contributed by atoms with Gasteiger partial charge in [-0.1, -0.05) is 12.8 Å². The van der Waals surface area contributed by atoms with E-state index in [4.69, 9.17) is 9.52 Å². The molecule has 0 aromatic carbocycles. The van der Waals surface area contributed by atoms with Crippen molar-refractivity contribution in [3.63, 3.8) is 0 Å². The second-order valence-electron chi connectivity index (χ2n) is 4.33. The Kier molecular flexibility index (Phi) is 3.46. The summed E-state index contributed by atoms with van der Waals surface area (Å²) in [6.07, 6.45) is 4.76. The Bertz CT molecular complexity index is 418. The normalized spacial score (nSPS) is 16.0. The van der Waals surface area contributed by atoms with Crippen molar-refractivity contribution in [2.24, 2.45) is 5.92 Å². The summed E-state index contributed by atoms with van der Waals surface area (Å²) in [6.45, 7) is 0.641. The van der Waals surface area contributed by atoms with E-state index in [1.165, 1.54) is 25.0 Å². The molecule has 0 spiro atoms. The minimum absolute atomic E-state index is 0.0559. The quantitative estimate of drug-likeness (QED) is 0.838. The molecule has 1 aromatic rings. The first-order valence-electron chi connectivity index (χ1n) is 5.78. The van der Waals surface area contributed by atoms with Crippen molar-refractivity contribution < 1.29 is 19.1 Å². The third-order valence-electron chi connectivity index (χ3n) is 3.07. The number of carboxylic acid groups (broad SMARTS) is 1. The minimum atomic E-state index is -1.17. The summed E-state index contributed by atoms with van der Waals surface area (Å²) >= 11 is 0. The van der Waals surface area contributed by atoms with Crippen molar-refractivity contribution in [3.05, 3.63) is 23.7 Å². The third kappa shape index (κ3) is 2.87. The standard InChI is InChI=1S/C12H15NO4/c14-11(13-7-8-3-1-2-4-8)9-5-6-10(17-9)12(15)16/h5-6,8H,1-4,7H2,(H,13,14)(H,15,16). The van der Waals surface area contributed by atoms with Gasteiger partial charge in [0.2, 0.25) is 5.76 Å². The van der Waals surface area contributed by atoms with E-state index in [2.05, 4.69) is 5.32 Å². The van der Waals surface area contributed by atoms with Crippen LogP contribution in [0.2, 0.25) is 0 Å². The molecule has 0 aliphatic heterocycles. The van der Waals surface area contributed by atoms with Gasteiger partial charge in [-0.2, -0.15) is 0 Å². The molecule has 5 nitrogen and oxygen atoms in total. The molecule has 1 amide bonds. The van der Waals surface area contributed by atoms with Crippen LogP contribution in [-0.2, 0) is 0 Å². The van der Waals surface area contributed by atoms with Gasteiger partial charge in [0.25, 0.3) is 5.91 Å². The highest BCUT2D eigenvalue weighted by molar-refractivity contribution is 5.93. The van der Waals surface area contributed by atoms with Crippen LogP contribution in [0, 0.1) is 5.92 Å². The minimum Gasteiger partial charge on any atom is -0.475 e. The molecule has 1 fully saturated rings. The topological polar surface area (TPSA) is 79.5 Å². The summed E-state index contributed by atoms with van der Waals surface area (Å²) in [5.74, 6) is -1.12. The average Bonchev–Trinajstić information content (AvgIpc) is 2.96. The number of rotatable bonds is 4. The predicted molar refractivity (Wildman–Crippen MR) is 60.0 cm³/mol. The summed E-state index contributed by atoms with van der Waals surface area (Å²) in [4.78, 5) is 22.2. The monoisotopic (exact) mass is 237 g/mol. The van der Waals surface area contributed by atoms with E-state index >= 15 is 0 Å². The van der Waals surface area contributed by atoms with Crippen LogP contribution in [0.15, 0.2) is 16.5 Å². The zero-order valence-corrected chi connectivity index (χ0v) is 9.44. The second kappa shape index (κ2) is 5.03. The van der Waals surface area contributed by atoms with Crippen LogP contribution in [0.1, 0.15) is 46.8 Å². The molecule has 0 saturated heterocycles. The Labute approximate surface area is 98.8 Å². The lowest BCUT2D eigenvalue weighted by Crippen LogP contribution is -2.27. The van der Waals surface area contributed by atoms with Gasteiger partial charge >= 0.3 is 5.97 Å². The number of hydrogen-bond acceptors (Lipinski definition) is 3. The molecule has 0 radical (unpaired) electrons. The van der Waals surface area contributed by atoms with Crippen LogP contribution < -0.4 is 5.32 Å². The maximum Gasteiger partial charge on any atom is 0.371 e. The maximum absolute atomic E-state index is 11.6. The van der Waals surface area contributed by atoms with Crippen molar-refractivity contribution in [3.8, 4) is 0 Å². The summed E-state index contributed by atoms with van der Waals surface area (Å²) < 4.78 is 4.91. The van der Waals surface area contributed by atoms with Crippen LogP contribution in [-0.4, -0.2) is 23.5 Å². The SMILES string of the molecule is O=C(O)c1ccc(C(=O)NCC2CCCC2)o1. The fraction of sp³-hybridized carbons (Fsp3) is 0.500. The number of furan rings is 1. The number of nitrogens with one attached hydrogen (secondary N) is 1. The van der Waals surface area contributed by atoms with E-state index in [1.54, 1.807) is 0 Å². The van der Waals surface area contributed by atoms with Gasteiger partial charge in [0, 0.05) is 6.54 Å². The maximum atomic E-state index is 11.6. The smallest absolute Gasteiger partial charge is 0.371 e. The number of carboxylic acids is 1. The fourth-order valence-electron chi connectivity index (χ4n) is 2.11. The summed E-state index contributed by atoms with van der Waals surface area (Å²) in [5.41, 5.74) is 0. The number of hydrogen-bond donors (Lipinski definition) is 2. The molecule has 1 aromatic heterocycles. The molecular weight excluding hydrogens is 222 g/mol. The van der Waals surface area contributed by atoms with E-state index in [1.807, 2.05) is 0 Å². The van der Waals surface area contributed by atoms with Gasteiger partial charge in [0.1, 0.15) is 0 Å². The molecule has 1 aliphatic carbocycles. The molecule has 0 bridgehead atoms. The van der Waals surface area contributed by atoms with Gasteiger partial charge in [-0.3, -0.25) is 4.79 Å². The van der Waals surface area contributed by atoms with Crippen LogP contribution in [0.25, 0.3) is 0 Å². The van der Waals surface area contributed by atoms with Crippen molar-refractivity contribution in [1.29, 1.82) is 0 Å². The van der Waals surface area contributed by atoms with Crippen LogP contribution >= 0.6 is 0 Å². The number of amides is 1. The molecule has 5 heteroatoms. The first kappa shape index (κ1) is 11.7. The molecule has 0 atom stereocenters. The molecule has 2 N–H and O–H groups in total. The fourth-order valence-corrected chi connectivity index (χ4v) is 2.11. The van der Waals surface area contributed by atoms with E-state index in [0.717, 1.165) is 12.8 Å². The first-order valence-corrected chi connectivity index (χ1v) is 5.78. The summed E-state index contributed by atoms with van der Waals surface area (Å²) in [6, 6.07) is 2.67. The van der Waals surface area contributed by atoms with Gasteiger partial charge < -0.3 is 14.8 Å². The molecule has 0 unspecified atom stereocenters. The molecule has 2 rings (SSSR count). The first-order chi connectivity index (χ1) is 8.16. The summed E-state index contributed by atoms with van der Waals surface area (Å²) in [7, 11) is 0. The van der Waals surface area contributed by atoms with Gasteiger partial charge in [-0.15, -0.1) is 0 Å². The van der Waals surface area contributed by atoms with Crippen molar-refractivity contribution in [2.75, 3.05) is 6.54 Å². The lowest BCUT2D eigenvalue weighted by Gasteiger charge is -2.08. The van der Waals surface area contributed by atoms with Crippen LogP contribution in [0.5, 0.6) is 0 Å². The Balaban J connectivity index is 1.87. The second-order valence-corrected chi connectivity index (χ2v) is 4.33. The Morgan fingerprint density at radius 3 is 2.53 bits per heavy atom. The van der Waals surface area contributed by atoms with Crippen LogP contribution in [0.4, 0.5) is 0 Å². The van der Waals surface area contributed by atoms with Crippen LogP contribution in [0.3, 0.4) is 0 Å². The highest BCUT2D eigenvalue weighted by atomic mass is 16.4. The number of carbonyl (C=O) groups is 2. The zero-order chi connectivity index (χ0) is 12.3. The number of aromatic carboxylic acids is 1. The van der Waals surface area contributed by atoms with Gasteiger partial charge in [-0.05, 0) is 30.9 Å². The highest BCUT2D eigenvalue weighted by Gasteiger charge is 2.18. The molecule has 1 aliphatic rings. The summed E-state index contributed by atoms with van der Waals surface area (Å²) in [5, 5.41) is 11.4. The Morgan fingerprint density at radius 2 is 1.94 bits per heavy atom. The highest BCUT2D eigenvalue weighted by Crippen LogP contribution is 2.23. The van der Waals surface area contributed by atoms with Crippen molar-refractivity contribution >= 4 is 11.9 Å². The van der Waals surface area contributed by atoms with E-state index in [9.17, 15) is 9.59 Å². The Hall–Kier alpha value is -1.78. The lowest BCUT2D eigenvalue weighted by molar-refractivity contribution is 0.0659. The molecule has 17 heavy (non-hydrogen) atoms. The zero-order valence-electron chi connectivity index (χ0n) is 9.44. The van der Waals surface area contributed by atoms with E-state index in [0.29, 0.717) is 12.5 Å². The van der Waals surface area contributed by atoms with E-state index in [-0.39, 0.29) is 17.4 Å². The van der Waals surface area contributed by atoms with Gasteiger partial charge in [-0.25, -0.2) is 4.79 Å². The predicted octanol–water partition coefficient (Wildman–Crippen LogP) is 1.90. The largest absolute Gasteiger partial charge is 0.475 e. The van der Waals surface area contributed by atoms with Gasteiger partial charge in [0.05, 0.1) is 0 Å².